The molecule has 1 saturated heterocycles. The molecule has 0 saturated carbocycles. The van der Waals surface area contributed by atoms with Crippen LogP contribution in [0.3, 0.4) is 0 Å². The van der Waals surface area contributed by atoms with E-state index in [-0.39, 0.29) is 11.3 Å². The number of aryl methyl sites for hydroxylation is 1. The topological polar surface area (TPSA) is 45.2 Å². The van der Waals surface area contributed by atoms with Crippen LogP contribution in [0.1, 0.15) is 59.5 Å². The first-order chi connectivity index (χ1) is 11.8. The molecule has 134 valence electrons. The molecule has 0 radical (unpaired) electrons. The maximum Gasteiger partial charge on any atom is 0.267 e. The summed E-state index contributed by atoms with van der Waals surface area (Å²) in [5.41, 5.74) is 3.02. The lowest BCUT2D eigenvalue weighted by Gasteiger charge is -2.19. The van der Waals surface area contributed by atoms with Crippen molar-refractivity contribution in [2.24, 2.45) is 0 Å². The van der Waals surface area contributed by atoms with Crippen LogP contribution in [0.15, 0.2) is 24.3 Å². The number of nitrogens with one attached hydrogen (secondary N) is 1. The Kier molecular flexibility index (Phi) is 5.25. The van der Waals surface area contributed by atoms with Crippen molar-refractivity contribution in [3.63, 3.8) is 0 Å². The zero-order chi connectivity index (χ0) is 18.0. The fraction of sp³-hybridized carbons (Fsp3) is 0.500. The molecule has 1 N–H and O–H groups in total. The minimum Gasteiger partial charge on any atom is -0.321 e. The Morgan fingerprint density at radius 2 is 1.84 bits per heavy atom. The van der Waals surface area contributed by atoms with Gasteiger partial charge in [-0.25, -0.2) is 4.98 Å². The predicted octanol–water partition coefficient (Wildman–Crippen LogP) is 4.60. The second kappa shape index (κ2) is 7.26. The van der Waals surface area contributed by atoms with E-state index in [0.717, 1.165) is 36.0 Å². The van der Waals surface area contributed by atoms with Gasteiger partial charge in [0.05, 0.1) is 12.2 Å². The number of aromatic nitrogens is 1. The summed E-state index contributed by atoms with van der Waals surface area (Å²) in [7, 11) is 0. The Bertz CT molecular complexity index is 737. The summed E-state index contributed by atoms with van der Waals surface area (Å²) in [4.78, 5) is 20.3. The molecule has 4 nitrogen and oxygen atoms in total. The van der Waals surface area contributed by atoms with Crippen molar-refractivity contribution in [3.8, 4) is 0 Å². The van der Waals surface area contributed by atoms with Gasteiger partial charge in [0.1, 0.15) is 9.88 Å². The zero-order valence-electron chi connectivity index (χ0n) is 15.6. The summed E-state index contributed by atoms with van der Waals surface area (Å²) in [6, 6.07) is 8.10. The standard InChI is InChI=1S/C20H27N3OS/c1-14-18(25-17(21-14)13-23-11-5-6-12-23)19(24)22-16-9-7-15(8-10-16)20(2,3)4/h7-10H,5-6,11-13H2,1-4H3,(H,22,24). The maximum absolute atomic E-state index is 12.6. The number of nitrogens with zero attached hydrogens (tertiary/aromatic N) is 2. The SMILES string of the molecule is Cc1nc(CN2CCCC2)sc1C(=O)Nc1ccc(C(C)(C)C)cc1. The summed E-state index contributed by atoms with van der Waals surface area (Å²) in [6.07, 6.45) is 2.53. The van der Waals surface area contributed by atoms with Crippen molar-refractivity contribution in [2.75, 3.05) is 18.4 Å². The van der Waals surface area contributed by atoms with Crippen molar-refractivity contribution in [1.82, 2.24) is 9.88 Å². The van der Waals surface area contributed by atoms with Gasteiger partial charge in [-0.3, -0.25) is 9.69 Å². The summed E-state index contributed by atoms with van der Waals surface area (Å²) < 4.78 is 0. The Morgan fingerprint density at radius 1 is 1.20 bits per heavy atom. The van der Waals surface area contributed by atoms with Crippen molar-refractivity contribution < 1.29 is 4.79 Å². The highest BCUT2D eigenvalue weighted by molar-refractivity contribution is 7.13. The Balaban J connectivity index is 1.67. The monoisotopic (exact) mass is 357 g/mol. The van der Waals surface area contributed by atoms with E-state index >= 15 is 0 Å². The Labute approximate surface area is 154 Å². The third-order valence-electron chi connectivity index (χ3n) is 4.61. The highest BCUT2D eigenvalue weighted by atomic mass is 32.1. The normalized spacial score (nSPS) is 15.5. The van der Waals surface area contributed by atoms with Gasteiger partial charge in [-0.2, -0.15) is 0 Å². The highest BCUT2D eigenvalue weighted by Gasteiger charge is 2.19. The van der Waals surface area contributed by atoms with Crippen LogP contribution in [0.5, 0.6) is 0 Å². The van der Waals surface area contributed by atoms with E-state index in [4.69, 9.17) is 0 Å². The van der Waals surface area contributed by atoms with E-state index < -0.39 is 0 Å². The van der Waals surface area contributed by atoms with Crippen LogP contribution in [0.25, 0.3) is 0 Å². The molecule has 1 amide bonds. The van der Waals surface area contributed by atoms with Gasteiger partial charge < -0.3 is 5.32 Å². The molecule has 0 bridgehead atoms. The minimum absolute atomic E-state index is 0.0637. The first-order valence-electron chi connectivity index (χ1n) is 8.93. The number of likely N-dealkylation sites (tertiary alicyclic amines) is 1. The molecular formula is C20H27N3OS. The average molecular weight is 358 g/mol. The molecule has 0 aliphatic carbocycles. The zero-order valence-corrected chi connectivity index (χ0v) is 16.4. The van der Waals surface area contributed by atoms with Crippen LogP contribution in [-0.4, -0.2) is 28.9 Å². The van der Waals surface area contributed by atoms with E-state index in [1.165, 1.54) is 29.7 Å². The van der Waals surface area contributed by atoms with Crippen molar-refractivity contribution in [2.45, 2.75) is 52.5 Å². The molecule has 1 aliphatic rings. The Morgan fingerprint density at radius 3 is 2.44 bits per heavy atom. The van der Waals surface area contributed by atoms with Gasteiger partial charge >= 0.3 is 0 Å². The van der Waals surface area contributed by atoms with Crippen LogP contribution in [0.4, 0.5) is 5.69 Å². The smallest absolute Gasteiger partial charge is 0.267 e. The van der Waals surface area contributed by atoms with Gasteiger partial charge in [0.15, 0.2) is 0 Å². The highest BCUT2D eigenvalue weighted by Crippen LogP contribution is 2.25. The summed E-state index contributed by atoms with van der Waals surface area (Å²) in [6.45, 7) is 11.6. The van der Waals surface area contributed by atoms with Gasteiger partial charge in [-0.15, -0.1) is 11.3 Å². The summed E-state index contributed by atoms with van der Waals surface area (Å²) >= 11 is 1.52. The van der Waals surface area contributed by atoms with Gasteiger partial charge in [0, 0.05) is 5.69 Å². The van der Waals surface area contributed by atoms with Crippen LogP contribution >= 0.6 is 11.3 Å². The third-order valence-corrected chi connectivity index (χ3v) is 5.75. The summed E-state index contributed by atoms with van der Waals surface area (Å²) in [5, 5.41) is 4.04. The van der Waals surface area contributed by atoms with Crippen molar-refractivity contribution in [3.05, 3.63) is 45.4 Å². The quantitative estimate of drug-likeness (QED) is 0.870. The van der Waals surface area contributed by atoms with Crippen LogP contribution in [0.2, 0.25) is 0 Å². The lowest BCUT2D eigenvalue weighted by atomic mass is 9.87. The van der Waals surface area contributed by atoms with Crippen LogP contribution < -0.4 is 5.32 Å². The third kappa shape index (κ3) is 4.47. The lowest BCUT2D eigenvalue weighted by molar-refractivity contribution is 0.103. The second-order valence-corrected chi connectivity index (χ2v) is 8.87. The number of anilines is 1. The molecular weight excluding hydrogens is 330 g/mol. The first-order valence-corrected chi connectivity index (χ1v) is 9.75. The maximum atomic E-state index is 12.6. The van der Waals surface area contributed by atoms with Gasteiger partial charge in [-0.1, -0.05) is 32.9 Å². The molecule has 2 aromatic rings. The minimum atomic E-state index is -0.0637. The number of rotatable bonds is 4. The molecule has 0 spiro atoms. The van der Waals surface area contributed by atoms with Gasteiger partial charge in [0.2, 0.25) is 0 Å². The number of benzene rings is 1. The van der Waals surface area contributed by atoms with Gasteiger partial charge in [0.25, 0.3) is 5.91 Å². The molecule has 25 heavy (non-hydrogen) atoms. The molecule has 3 rings (SSSR count). The number of carbonyl (C=O) groups is 1. The first kappa shape index (κ1) is 18.1. The molecule has 2 heterocycles. The largest absolute Gasteiger partial charge is 0.321 e. The van der Waals surface area contributed by atoms with Crippen molar-refractivity contribution in [1.29, 1.82) is 0 Å². The fourth-order valence-corrected chi connectivity index (χ4v) is 4.11. The predicted molar refractivity (Wildman–Crippen MR) is 104 cm³/mol. The number of hydrogen-bond donors (Lipinski definition) is 1. The van der Waals surface area contributed by atoms with Crippen LogP contribution in [0, 0.1) is 6.92 Å². The van der Waals surface area contributed by atoms with E-state index in [1.54, 1.807) is 0 Å². The number of hydrogen-bond acceptors (Lipinski definition) is 4. The Hall–Kier alpha value is -1.72. The second-order valence-electron chi connectivity index (χ2n) is 7.79. The molecule has 5 heteroatoms. The van der Waals surface area contributed by atoms with E-state index in [0.29, 0.717) is 4.88 Å². The van der Waals surface area contributed by atoms with E-state index in [2.05, 4.69) is 48.1 Å². The lowest BCUT2D eigenvalue weighted by Crippen LogP contribution is -2.18. The number of thiazole rings is 1. The van der Waals surface area contributed by atoms with Crippen LogP contribution in [-0.2, 0) is 12.0 Å². The van der Waals surface area contributed by atoms with E-state index in [1.807, 2.05) is 19.1 Å². The number of carbonyl (C=O) groups excluding carboxylic acids is 1. The van der Waals surface area contributed by atoms with Crippen molar-refractivity contribution >= 4 is 22.9 Å². The number of amides is 1. The average Bonchev–Trinajstić information content (AvgIpc) is 3.17. The molecule has 1 aromatic carbocycles. The molecule has 0 atom stereocenters. The molecule has 0 unspecified atom stereocenters. The fourth-order valence-electron chi connectivity index (χ4n) is 3.10. The molecule has 1 aromatic heterocycles. The molecule has 1 fully saturated rings. The van der Waals surface area contributed by atoms with Gasteiger partial charge in [-0.05, 0) is 56.0 Å². The molecule has 1 aliphatic heterocycles. The summed E-state index contributed by atoms with van der Waals surface area (Å²) in [5.74, 6) is -0.0637. The van der Waals surface area contributed by atoms with E-state index in [9.17, 15) is 4.79 Å².